The fraction of sp³-hybridized carbons (Fsp3) is 0.338. The Balaban J connectivity index is 0.000000224. The van der Waals surface area contributed by atoms with Gasteiger partial charge in [-0.2, -0.15) is 0 Å². The van der Waals surface area contributed by atoms with Crippen LogP contribution in [0.25, 0.3) is 67.3 Å². The summed E-state index contributed by atoms with van der Waals surface area (Å²) in [6.45, 7) is 25.2. The third-order valence-electron chi connectivity index (χ3n) is 17.6. The Morgan fingerprint density at radius 3 is 1.32 bits per heavy atom. The summed E-state index contributed by atoms with van der Waals surface area (Å²) < 4.78 is 72.3. The maximum atomic E-state index is 13.6. The standard InChI is InChI=1S/C28H39N7O2.C14H9BrFN3O2.C13H6BrF2N3O.C7H6F2N2O.C7H16N2.C6H6BrNO.2CH4.ClH/c1-19(2)32-8-12-34(13-9-32)22-16-21(18-36)26-24(17-22)30-27(31-28(26)37)23-6-5-7-25(29-23)35-14-10-33(11-15-35)20(3)4;15-11-3-1-2-9(17-11)13-18-10-5-8(16)4-7(6-20)12(10)14(21)19-13;14-10-3-1-2-8(17-10)12-18-9-5-6(15)4-7(16)11(9)13(20)19-12;8-3-1-4(9)6(7(11)12)5(10)2-3;1-7(2)9-5-3-8-4-6-9;1-9-6-4-2-3-5(7)8-6;;;/h5-7,16-17,19-20,36H,8-15,18H2,1-4H3,(H,30,31,37);1-5,20H,6H2,(H,18,19,21);1-5H,(H,18,19,20);1-2H,10H2,(H2,11,12);7-8H,3-6H2,1-2H3;2-4H,1H3;2*1H4;1H. The summed E-state index contributed by atoms with van der Waals surface area (Å²) in [6, 6.07) is 32.7. The van der Waals surface area contributed by atoms with Crippen LogP contribution in [-0.2, 0) is 13.2 Å². The van der Waals surface area contributed by atoms with Gasteiger partial charge in [0.2, 0.25) is 5.88 Å². The first-order chi connectivity index (χ1) is 51.6. The zero-order valence-corrected chi connectivity index (χ0v) is 66.1. The molecule has 0 radical (unpaired) electrons. The number of aromatic nitrogens is 10. The molecule has 34 heteroatoms. The fourth-order valence-electron chi connectivity index (χ4n) is 12.0. The quantitative estimate of drug-likeness (QED) is 0.0320. The Hall–Kier alpha value is -9.29. The highest BCUT2D eigenvalue weighted by atomic mass is 79.9. The number of hydrogen-bond acceptors (Lipinski definition) is 21. The zero-order chi connectivity index (χ0) is 78.0. The monoisotopic (exact) mass is 1750 g/mol. The summed E-state index contributed by atoms with van der Waals surface area (Å²) in [4.78, 5) is 98.1. The van der Waals surface area contributed by atoms with Gasteiger partial charge in [0.25, 0.3) is 22.6 Å². The van der Waals surface area contributed by atoms with E-state index in [1.54, 1.807) is 49.6 Å². The summed E-state index contributed by atoms with van der Waals surface area (Å²) in [5, 5.41) is 23.0. The minimum Gasteiger partial charge on any atom is -0.481 e. The van der Waals surface area contributed by atoms with Crippen molar-refractivity contribution in [2.24, 2.45) is 5.73 Å². The van der Waals surface area contributed by atoms with E-state index in [2.05, 4.69) is 159 Å². The molecule has 25 nitrogen and oxygen atoms in total. The maximum Gasteiger partial charge on any atom is 0.262 e. The number of nitrogen functional groups attached to an aromatic ring is 1. The summed E-state index contributed by atoms with van der Waals surface area (Å²) in [5.41, 5.74) is 11.8. The average Bonchev–Trinajstić information content (AvgIpc) is 0.781. The molecule has 11 aromatic rings. The van der Waals surface area contributed by atoms with Gasteiger partial charge in [-0.1, -0.05) is 39.1 Å². The van der Waals surface area contributed by atoms with E-state index in [9.17, 15) is 51.3 Å². The van der Waals surface area contributed by atoms with Crippen LogP contribution in [0.1, 0.15) is 77.9 Å². The normalized spacial score (nSPS) is 13.7. The number of amides is 1. The minimum atomic E-state index is -1.04. The number of carbonyl (C=O) groups excluding carboxylic acids is 1. The molecule has 594 valence electrons. The number of benzene rings is 4. The molecule has 0 unspecified atom stereocenters. The van der Waals surface area contributed by atoms with Crippen LogP contribution in [-0.4, -0.2) is 184 Å². The second-order valence-electron chi connectivity index (χ2n) is 25.7. The SMILES string of the molecule is C.C.CC(C)N1CCN(c2cc(CO)c3c(=O)[nH]c(-c4cccc(N5CCN(C(C)C)CC5)n4)nc3c2)CC1.CC(C)N1CCNCC1.COc1cccc(Br)n1.Cl.NC(=O)c1c(N)cc(F)cc1F.O=c1[nH]c(-c2cccc(Br)n2)nc2cc(F)cc(CO)c12.O=c1[nH]c(-c2cccc(Br)n2)nc2cc(F)cc(F)c12. The number of aromatic amines is 3. The first-order valence-electron chi connectivity index (χ1n) is 34.4. The van der Waals surface area contributed by atoms with Crippen LogP contribution in [0.4, 0.5) is 39.1 Å². The molecule has 4 aromatic carbocycles. The number of aliphatic hydroxyl groups excluding tert-OH is 2. The van der Waals surface area contributed by atoms with E-state index in [-0.39, 0.29) is 84.1 Å². The number of fused-ring (bicyclic) bond motifs is 3. The number of halogens is 9. The van der Waals surface area contributed by atoms with Gasteiger partial charge in [0.1, 0.15) is 71.2 Å². The minimum absolute atomic E-state index is 0. The van der Waals surface area contributed by atoms with Crippen molar-refractivity contribution in [2.45, 2.75) is 87.7 Å². The zero-order valence-electron chi connectivity index (χ0n) is 60.6. The number of aliphatic hydroxyl groups is 2. The van der Waals surface area contributed by atoms with E-state index >= 15 is 0 Å². The molecule has 111 heavy (non-hydrogen) atoms. The third kappa shape index (κ3) is 24.4. The second-order valence-corrected chi connectivity index (χ2v) is 28.1. The summed E-state index contributed by atoms with van der Waals surface area (Å²) in [7, 11) is 1.59. The highest BCUT2D eigenvalue weighted by Gasteiger charge is 2.24. The van der Waals surface area contributed by atoms with Crippen molar-refractivity contribution >= 4 is 116 Å². The number of nitrogens with one attached hydrogen (secondary N) is 4. The smallest absolute Gasteiger partial charge is 0.262 e. The van der Waals surface area contributed by atoms with Gasteiger partial charge in [0.15, 0.2) is 17.5 Å². The van der Waals surface area contributed by atoms with Crippen LogP contribution in [0.15, 0.2) is 150 Å². The summed E-state index contributed by atoms with van der Waals surface area (Å²) in [6.07, 6.45) is 0. The number of pyridine rings is 4. The van der Waals surface area contributed by atoms with Crippen LogP contribution in [0.3, 0.4) is 0 Å². The maximum absolute atomic E-state index is 13.6. The van der Waals surface area contributed by atoms with Crippen LogP contribution >= 0.6 is 60.2 Å². The molecule has 0 aliphatic carbocycles. The molecule has 7 aromatic heterocycles. The van der Waals surface area contributed by atoms with Crippen molar-refractivity contribution in [2.75, 3.05) is 101 Å². The van der Waals surface area contributed by atoms with Crippen molar-refractivity contribution in [3.05, 3.63) is 212 Å². The van der Waals surface area contributed by atoms with Crippen LogP contribution < -0.4 is 48.0 Å². The Morgan fingerprint density at radius 1 is 0.495 bits per heavy atom. The lowest BCUT2D eigenvalue weighted by molar-refractivity contribution is 0.0997. The first kappa shape index (κ1) is 90.6. The lowest BCUT2D eigenvalue weighted by atomic mass is 10.1. The number of nitrogens with two attached hydrogens (primary N) is 2. The molecule has 3 fully saturated rings. The van der Waals surface area contributed by atoms with Gasteiger partial charge in [0.05, 0.1) is 58.9 Å². The predicted octanol–water partition coefficient (Wildman–Crippen LogP) is 12.4. The van der Waals surface area contributed by atoms with Gasteiger partial charge >= 0.3 is 0 Å². The third-order valence-corrected chi connectivity index (χ3v) is 18.9. The van der Waals surface area contributed by atoms with Crippen molar-refractivity contribution in [3.63, 3.8) is 0 Å². The van der Waals surface area contributed by atoms with Gasteiger partial charge in [-0.25, -0.2) is 56.8 Å². The molecule has 10 N–H and O–H groups in total. The van der Waals surface area contributed by atoms with Gasteiger partial charge < -0.3 is 56.5 Å². The van der Waals surface area contributed by atoms with Gasteiger partial charge in [0, 0.05) is 133 Å². The number of methoxy groups -OCH3 is 1. The molecule has 0 spiro atoms. The number of carbonyl (C=O) groups is 1. The number of anilines is 3. The van der Waals surface area contributed by atoms with Crippen molar-refractivity contribution in [1.82, 2.24) is 69.9 Å². The van der Waals surface area contributed by atoms with Gasteiger partial charge in [-0.3, -0.25) is 33.9 Å². The number of nitrogens with zero attached hydrogens (tertiary/aromatic N) is 12. The average molecular weight is 1750 g/mol. The molecule has 10 heterocycles. The Bertz CT molecular complexity index is 5120. The molecule has 1 amide bonds. The topological polar surface area (TPSA) is 336 Å². The number of H-pyrrole nitrogens is 3. The molecule has 3 aliphatic rings. The van der Waals surface area contributed by atoms with E-state index < -0.39 is 58.3 Å². The molecular weight excluding hydrogens is 1660 g/mol. The fourth-order valence-corrected chi connectivity index (χ4v) is 13.0. The van der Waals surface area contributed by atoms with Gasteiger partial charge in [-0.15, -0.1) is 12.4 Å². The predicted molar refractivity (Wildman–Crippen MR) is 440 cm³/mol. The van der Waals surface area contributed by atoms with Crippen molar-refractivity contribution < 1.29 is 41.7 Å². The molecule has 0 bridgehead atoms. The van der Waals surface area contributed by atoms with Crippen LogP contribution in [0, 0.1) is 29.1 Å². The van der Waals surface area contributed by atoms with Crippen molar-refractivity contribution in [3.8, 4) is 40.4 Å². The Morgan fingerprint density at radius 2 is 0.892 bits per heavy atom. The number of piperazine rings is 3. The lowest BCUT2D eigenvalue weighted by Crippen LogP contribution is -2.49. The summed E-state index contributed by atoms with van der Waals surface area (Å²) in [5.74, 6) is -2.81. The Labute approximate surface area is 670 Å². The van der Waals surface area contributed by atoms with E-state index in [1.165, 1.54) is 13.1 Å². The molecule has 0 saturated carbocycles. The number of ether oxygens (including phenoxy) is 1. The largest absolute Gasteiger partial charge is 0.481 e. The van der Waals surface area contributed by atoms with E-state index in [0.717, 1.165) is 112 Å². The van der Waals surface area contributed by atoms with E-state index in [1.807, 2.05) is 42.5 Å². The first-order valence-corrected chi connectivity index (χ1v) is 36.8. The molecular formula is C77H91Br3ClF5N18O7. The van der Waals surface area contributed by atoms with E-state index in [0.29, 0.717) is 78.7 Å². The molecule has 0 atom stereocenters. The molecule has 14 rings (SSSR count). The number of hydrogen-bond donors (Lipinski definition) is 8. The van der Waals surface area contributed by atoms with Gasteiger partial charge in [-0.05, 0) is 167 Å². The highest BCUT2D eigenvalue weighted by molar-refractivity contribution is 9.11. The number of rotatable bonds is 12. The second kappa shape index (κ2) is 42.4. The Kier molecular flexibility index (Phi) is 34.6. The lowest BCUT2D eigenvalue weighted by Gasteiger charge is -2.38. The van der Waals surface area contributed by atoms with Crippen LogP contribution in [0.2, 0.25) is 0 Å². The van der Waals surface area contributed by atoms with E-state index in [4.69, 9.17) is 26.2 Å². The number of primary amides is 1. The highest BCUT2D eigenvalue weighted by Crippen LogP contribution is 2.29. The molecule has 3 saturated heterocycles. The molecule has 3 aliphatic heterocycles. The van der Waals surface area contributed by atoms with Crippen molar-refractivity contribution in [1.29, 1.82) is 0 Å². The summed E-state index contributed by atoms with van der Waals surface area (Å²) >= 11 is 9.65. The van der Waals surface area contributed by atoms with Crippen LogP contribution in [0.5, 0.6) is 5.88 Å².